The van der Waals surface area contributed by atoms with Crippen molar-refractivity contribution < 1.29 is 9.90 Å². The Bertz CT molecular complexity index is 1530. The third-order valence-electron chi connectivity index (χ3n) is 6.35. The zero-order valence-electron chi connectivity index (χ0n) is 20.8. The van der Waals surface area contributed by atoms with Crippen molar-refractivity contribution in [1.29, 1.82) is 0 Å². The highest BCUT2D eigenvalue weighted by Gasteiger charge is 2.24. The predicted molar refractivity (Wildman–Crippen MR) is 144 cm³/mol. The van der Waals surface area contributed by atoms with Crippen LogP contribution in [0.25, 0.3) is 22.5 Å². The quantitative estimate of drug-likeness (QED) is 0.248. The molecular weight excluding hydrogens is 502 g/mol. The Kier molecular flexibility index (Phi) is 7.67. The molecule has 3 heterocycles. The van der Waals surface area contributed by atoms with Crippen LogP contribution in [-0.2, 0) is 19.6 Å². The van der Waals surface area contributed by atoms with Crippen LogP contribution in [0, 0.1) is 0 Å². The van der Waals surface area contributed by atoms with Gasteiger partial charge in [0.25, 0.3) is 0 Å². The van der Waals surface area contributed by atoms with E-state index in [9.17, 15) is 9.90 Å². The number of tetrazole rings is 1. The normalized spacial score (nSPS) is 11.1. The van der Waals surface area contributed by atoms with E-state index < -0.39 is 0 Å². The summed E-state index contributed by atoms with van der Waals surface area (Å²) < 4.78 is 1.89. The molecule has 2 aromatic carbocycles. The van der Waals surface area contributed by atoms with Gasteiger partial charge in [0, 0.05) is 24.7 Å². The van der Waals surface area contributed by atoms with Gasteiger partial charge in [-0.05, 0) is 45.2 Å². The summed E-state index contributed by atoms with van der Waals surface area (Å²) in [6.07, 6.45) is 4.12. The molecule has 0 fully saturated rings. The summed E-state index contributed by atoms with van der Waals surface area (Å²) in [6, 6.07) is 19.3. The molecule has 9 nitrogen and oxygen atoms in total. The summed E-state index contributed by atoms with van der Waals surface area (Å²) in [4.78, 5) is 22.2. The summed E-state index contributed by atoms with van der Waals surface area (Å²) in [6.45, 7) is 2.40. The minimum absolute atomic E-state index is 0.142. The second kappa shape index (κ2) is 11.5. The van der Waals surface area contributed by atoms with Gasteiger partial charge in [0.15, 0.2) is 11.0 Å². The molecule has 5 aromatic rings. The number of carbonyl (C=O) groups is 1. The molecular formula is C28H26ClN7O2. The van der Waals surface area contributed by atoms with Crippen molar-refractivity contribution in [2.45, 2.75) is 39.3 Å². The molecule has 0 amide bonds. The van der Waals surface area contributed by atoms with E-state index in [1.807, 2.05) is 53.1 Å². The molecule has 192 valence electrons. The van der Waals surface area contributed by atoms with E-state index in [1.165, 1.54) is 6.20 Å². The molecule has 0 radical (unpaired) electrons. The number of aliphatic hydroxyl groups excluding tert-OH is 1. The van der Waals surface area contributed by atoms with Gasteiger partial charge in [-0.1, -0.05) is 79.5 Å². The van der Waals surface area contributed by atoms with Crippen molar-refractivity contribution in [1.82, 2.24) is 35.2 Å². The third-order valence-corrected chi connectivity index (χ3v) is 6.61. The number of unbranched alkanes of at least 4 members (excludes halogenated alkanes) is 1. The van der Waals surface area contributed by atoms with E-state index in [-0.39, 0.29) is 23.2 Å². The lowest BCUT2D eigenvalue weighted by atomic mass is 9.98. The standard InChI is InChI=1S/C28H26ClN7O2/c1-2-3-8-24-31-27(29)25(26(38)23-14-11-19(17-37)15-30-23)36(24)16-18-9-12-20(13-10-18)21-6-4-5-7-22(21)28-32-34-35-33-28/h4-7,9-15,37H,2-3,8,16-17H2,1H3,(H,32,33,34,35). The molecule has 0 atom stereocenters. The van der Waals surface area contributed by atoms with Gasteiger partial charge in [-0.15, -0.1) is 5.10 Å². The van der Waals surface area contributed by atoms with Crippen LogP contribution < -0.4 is 0 Å². The molecule has 5 rings (SSSR count). The highest BCUT2D eigenvalue weighted by molar-refractivity contribution is 6.33. The number of imidazole rings is 1. The molecule has 2 N–H and O–H groups in total. The Morgan fingerprint density at radius 2 is 1.79 bits per heavy atom. The van der Waals surface area contributed by atoms with Crippen LogP contribution in [0.1, 0.15) is 52.9 Å². The topological polar surface area (TPSA) is 122 Å². The zero-order chi connectivity index (χ0) is 26.5. The predicted octanol–water partition coefficient (Wildman–Crippen LogP) is 4.89. The first kappa shape index (κ1) is 25.4. The Hall–Kier alpha value is -4.21. The molecule has 38 heavy (non-hydrogen) atoms. The van der Waals surface area contributed by atoms with Gasteiger partial charge < -0.3 is 9.67 Å². The number of hydrogen-bond donors (Lipinski definition) is 2. The van der Waals surface area contributed by atoms with Crippen LogP contribution >= 0.6 is 11.6 Å². The number of hydrogen-bond acceptors (Lipinski definition) is 7. The van der Waals surface area contributed by atoms with E-state index in [0.717, 1.165) is 40.9 Å². The zero-order valence-corrected chi connectivity index (χ0v) is 21.6. The van der Waals surface area contributed by atoms with Crippen LogP contribution in [0.5, 0.6) is 0 Å². The summed E-state index contributed by atoms with van der Waals surface area (Å²) in [5.41, 5.74) is 5.11. The van der Waals surface area contributed by atoms with Crippen molar-refractivity contribution in [3.63, 3.8) is 0 Å². The number of pyridine rings is 1. The van der Waals surface area contributed by atoms with Gasteiger partial charge in [-0.3, -0.25) is 9.78 Å². The molecule has 0 saturated heterocycles. The maximum absolute atomic E-state index is 13.5. The van der Waals surface area contributed by atoms with E-state index in [1.54, 1.807) is 12.1 Å². The average molecular weight is 528 g/mol. The Balaban J connectivity index is 1.47. The molecule has 0 unspecified atom stereocenters. The Labute approximate surface area is 224 Å². The minimum atomic E-state index is -0.305. The van der Waals surface area contributed by atoms with Gasteiger partial charge >= 0.3 is 0 Å². The lowest BCUT2D eigenvalue weighted by Gasteiger charge is -2.13. The number of aromatic nitrogens is 7. The van der Waals surface area contributed by atoms with E-state index in [4.69, 9.17) is 11.6 Å². The number of nitrogens with one attached hydrogen (secondary N) is 1. The molecule has 0 bridgehead atoms. The number of ketones is 1. The second-order valence-corrected chi connectivity index (χ2v) is 9.25. The fraction of sp³-hybridized carbons (Fsp3) is 0.214. The number of aliphatic hydroxyl groups is 1. The SMILES string of the molecule is CCCCc1nc(Cl)c(C(=O)c2ccc(CO)cn2)n1Cc1ccc(-c2ccccc2-c2nnn[nH]2)cc1. The van der Waals surface area contributed by atoms with E-state index in [0.29, 0.717) is 30.0 Å². The number of nitrogens with zero attached hydrogens (tertiary/aromatic N) is 6. The third kappa shape index (κ3) is 5.25. The van der Waals surface area contributed by atoms with Crippen LogP contribution in [0.2, 0.25) is 5.15 Å². The van der Waals surface area contributed by atoms with Crippen molar-refractivity contribution in [2.24, 2.45) is 0 Å². The van der Waals surface area contributed by atoms with Crippen molar-refractivity contribution in [3.05, 3.63) is 100 Å². The lowest BCUT2D eigenvalue weighted by Crippen LogP contribution is -2.15. The first-order valence-electron chi connectivity index (χ1n) is 12.4. The van der Waals surface area contributed by atoms with Crippen molar-refractivity contribution in [3.8, 4) is 22.5 Å². The largest absolute Gasteiger partial charge is 0.392 e. The number of rotatable bonds is 10. The average Bonchev–Trinajstić information content (AvgIpc) is 3.60. The molecule has 0 aliphatic carbocycles. The van der Waals surface area contributed by atoms with Crippen LogP contribution in [0.4, 0.5) is 0 Å². The molecule has 0 saturated carbocycles. The molecule has 3 aromatic heterocycles. The summed E-state index contributed by atoms with van der Waals surface area (Å²) in [5.74, 6) is 1.06. The lowest BCUT2D eigenvalue weighted by molar-refractivity contribution is 0.102. The van der Waals surface area contributed by atoms with Gasteiger partial charge in [0.05, 0.1) is 6.61 Å². The first-order chi connectivity index (χ1) is 18.6. The van der Waals surface area contributed by atoms with Gasteiger partial charge in [0.2, 0.25) is 5.78 Å². The number of benzene rings is 2. The van der Waals surface area contributed by atoms with Crippen molar-refractivity contribution in [2.75, 3.05) is 0 Å². The fourth-order valence-electron chi connectivity index (χ4n) is 4.34. The van der Waals surface area contributed by atoms with E-state index >= 15 is 0 Å². The van der Waals surface area contributed by atoms with Crippen LogP contribution in [0.15, 0.2) is 66.9 Å². The summed E-state index contributed by atoms with van der Waals surface area (Å²) in [5, 5.41) is 23.7. The second-order valence-electron chi connectivity index (χ2n) is 8.89. The minimum Gasteiger partial charge on any atom is -0.392 e. The number of carbonyl (C=O) groups excluding carboxylic acids is 1. The molecule has 0 aliphatic rings. The van der Waals surface area contributed by atoms with Crippen LogP contribution in [-0.4, -0.2) is 46.0 Å². The van der Waals surface area contributed by atoms with Gasteiger partial charge in [-0.2, -0.15) is 0 Å². The summed E-state index contributed by atoms with van der Waals surface area (Å²) in [7, 11) is 0. The first-order valence-corrected chi connectivity index (χ1v) is 12.7. The number of halogens is 1. The maximum Gasteiger partial charge on any atom is 0.230 e. The van der Waals surface area contributed by atoms with E-state index in [2.05, 4.69) is 37.5 Å². The Morgan fingerprint density at radius 3 is 2.45 bits per heavy atom. The highest BCUT2D eigenvalue weighted by Crippen LogP contribution is 2.30. The van der Waals surface area contributed by atoms with Crippen molar-refractivity contribution >= 4 is 17.4 Å². The van der Waals surface area contributed by atoms with Gasteiger partial charge in [-0.25, -0.2) is 10.1 Å². The molecule has 0 aliphatic heterocycles. The number of aryl methyl sites for hydroxylation is 1. The molecule has 10 heteroatoms. The fourth-order valence-corrected chi connectivity index (χ4v) is 4.63. The Morgan fingerprint density at radius 1 is 1.03 bits per heavy atom. The molecule has 0 spiro atoms. The smallest absolute Gasteiger partial charge is 0.230 e. The number of aromatic amines is 1. The maximum atomic E-state index is 13.5. The van der Waals surface area contributed by atoms with Gasteiger partial charge in [0.1, 0.15) is 17.2 Å². The summed E-state index contributed by atoms with van der Waals surface area (Å²) >= 11 is 6.53. The van der Waals surface area contributed by atoms with Crippen LogP contribution in [0.3, 0.4) is 0 Å². The highest BCUT2D eigenvalue weighted by atomic mass is 35.5. The monoisotopic (exact) mass is 527 g/mol. The number of H-pyrrole nitrogens is 1.